The van der Waals surface area contributed by atoms with Gasteiger partial charge in [0.05, 0.1) is 19.8 Å². The molecule has 0 bridgehead atoms. The fourth-order valence-electron chi connectivity index (χ4n) is 10.4. The van der Waals surface area contributed by atoms with Crippen molar-refractivity contribution in [3.05, 3.63) is 12.2 Å². The van der Waals surface area contributed by atoms with Gasteiger partial charge in [-0.15, -0.1) is 0 Å². The molecule has 0 aromatic carbocycles. The van der Waals surface area contributed by atoms with E-state index in [1.165, 1.54) is 116 Å². The highest BCUT2D eigenvalue weighted by Crippen LogP contribution is 2.49. The Bertz CT molecular complexity index is 1680. The van der Waals surface area contributed by atoms with E-state index in [4.69, 9.17) is 37.5 Å². The average Bonchev–Trinajstić information content (AvgIpc) is 3.58. The van der Waals surface area contributed by atoms with Gasteiger partial charge in [0.1, 0.15) is 92.1 Å². The van der Waals surface area contributed by atoms with Crippen LogP contribution in [0, 0.1) is 0 Å². The molecule has 482 valence electrons. The number of aliphatic hydroxyl groups is 11. The summed E-state index contributed by atoms with van der Waals surface area (Å²) in [6, 6.07) is 0. The highest BCUT2D eigenvalue weighted by molar-refractivity contribution is 7.47. The number of allylic oxidation sites excluding steroid dienone is 2. The molecule has 0 radical (unpaired) electrons. The van der Waals surface area contributed by atoms with E-state index in [1.54, 1.807) is 0 Å². The summed E-state index contributed by atoms with van der Waals surface area (Å²) in [5, 5.41) is 117. The van der Waals surface area contributed by atoms with Gasteiger partial charge in [-0.25, -0.2) is 4.57 Å². The number of hydrogen-bond donors (Lipinski definition) is 12. The summed E-state index contributed by atoms with van der Waals surface area (Å²) >= 11 is 0. The molecule has 12 N–H and O–H groups in total. The topological polar surface area (TPSA) is 368 Å². The molecule has 2 heterocycles. The molecule has 16 unspecified atom stereocenters. The molecule has 0 spiro atoms. The highest BCUT2D eigenvalue weighted by Gasteiger charge is 2.58. The third-order valence-electron chi connectivity index (χ3n) is 15.6. The summed E-state index contributed by atoms with van der Waals surface area (Å²) in [7, 11) is -5.64. The standard InChI is InChI=1S/C58H107O23P/c1-3-5-7-9-11-13-15-17-19-20-21-23-24-26-28-30-32-34-43(61)74-38-40(76-44(62)35-33-31-29-27-25-22-18-16-14-12-10-8-6-4-2)39-75-82(72,73)81-56-54(79-57-52(70)47(65)45(63)41(36-59)77-57)50(68)49(67)51(69)55(56)80-58-53(71)48(66)46(64)42(37-60)78-58/h22,25,40-42,45-60,63-71H,3-21,23-24,26-39H2,1-2H3,(H,72,73)/b25-22-. The van der Waals surface area contributed by atoms with E-state index >= 15 is 0 Å². The lowest BCUT2D eigenvalue weighted by Crippen LogP contribution is -2.69. The van der Waals surface area contributed by atoms with Crippen molar-refractivity contribution in [3.8, 4) is 0 Å². The van der Waals surface area contributed by atoms with Crippen molar-refractivity contribution >= 4 is 19.8 Å². The van der Waals surface area contributed by atoms with Crippen LogP contribution in [0.2, 0.25) is 0 Å². The molecule has 3 aliphatic rings. The van der Waals surface area contributed by atoms with Crippen LogP contribution in [0.1, 0.15) is 213 Å². The fraction of sp³-hybridized carbons (Fsp3) is 0.931. The second-order valence-electron chi connectivity index (χ2n) is 22.6. The second-order valence-corrected chi connectivity index (χ2v) is 24.0. The summed E-state index contributed by atoms with van der Waals surface area (Å²) in [5.74, 6) is -1.34. The molecular formula is C58H107O23P. The lowest BCUT2D eigenvalue weighted by molar-refractivity contribution is -0.360. The monoisotopic (exact) mass is 1200 g/mol. The third kappa shape index (κ3) is 27.9. The van der Waals surface area contributed by atoms with E-state index in [0.29, 0.717) is 19.3 Å². The Hall–Kier alpha value is -1.81. The summed E-state index contributed by atoms with van der Waals surface area (Å²) in [6.07, 6.45) is 1.85. The number of rotatable bonds is 46. The lowest BCUT2D eigenvalue weighted by Gasteiger charge is -2.49. The SMILES string of the molecule is CCCCCCCCC/C=C\CCCCCC(=O)OC(COC(=O)CCCCCCCCCCCCCCCCCCC)COP(=O)(O)OC1C(OC2OC(CO)C(O)C(O)C2O)C(O)C(O)C(O)C1OC1OC(CO)C(O)C(O)C1O. The van der Waals surface area contributed by atoms with Crippen molar-refractivity contribution in [1.82, 2.24) is 0 Å². The van der Waals surface area contributed by atoms with Crippen molar-refractivity contribution in [3.63, 3.8) is 0 Å². The largest absolute Gasteiger partial charge is 0.472 e. The van der Waals surface area contributed by atoms with Gasteiger partial charge in [-0.3, -0.25) is 18.6 Å². The minimum Gasteiger partial charge on any atom is -0.462 e. The van der Waals surface area contributed by atoms with E-state index < -0.39 is 150 Å². The molecule has 82 heavy (non-hydrogen) atoms. The number of carbonyl (C=O) groups excluding carboxylic acids is 2. The Balaban J connectivity index is 1.67. The van der Waals surface area contributed by atoms with Crippen LogP contribution in [0.5, 0.6) is 0 Å². The van der Waals surface area contributed by atoms with Gasteiger partial charge in [-0.2, -0.15) is 0 Å². The van der Waals surface area contributed by atoms with Gasteiger partial charge < -0.3 is 89.5 Å². The predicted octanol–water partition coefficient (Wildman–Crippen LogP) is 5.10. The van der Waals surface area contributed by atoms with Crippen LogP contribution in [0.3, 0.4) is 0 Å². The van der Waals surface area contributed by atoms with Gasteiger partial charge in [-0.1, -0.05) is 174 Å². The smallest absolute Gasteiger partial charge is 0.462 e. The van der Waals surface area contributed by atoms with Gasteiger partial charge in [0.2, 0.25) is 0 Å². The summed E-state index contributed by atoms with van der Waals surface area (Å²) in [4.78, 5) is 37.6. The van der Waals surface area contributed by atoms with Gasteiger partial charge in [0.15, 0.2) is 18.7 Å². The Labute approximate surface area is 486 Å². The molecule has 1 aliphatic carbocycles. The maximum atomic E-state index is 14.0. The Morgan fingerprint density at radius 2 is 0.805 bits per heavy atom. The Morgan fingerprint density at radius 3 is 1.21 bits per heavy atom. The quantitative estimate of drug-likeness (QED) is 0.0163. The highest BCUT2D eigenvalue weighted by atomic mass is 31.2. The number of esters is 2. The number of phosphoric acid groups is 1. The average molecular weight is 1200 g/mol. The molecule has 0 aromatic heterocycles. The van der Waals surface area contributed by atoms with Gasteiger partial charge in [0, 0.05) is 12.8 Å². The summed E-state index contributed by atoms with van der Waals surface area (Å²) < 4.78 is 58.2. The number of ether oxygens (including phenoxy) is 6. The van der Waals surface area contributed by atoms with Crippen molar-refractivity contribution < 1.29 is 113 Å². The molecule has 0 amide bonds. The van der Waals surface area contributed by atoms with Crippen LogP contribution in [0.15, 0.2) is 12.2 Å². The van der Waals surface area contributed by atoms with Crippen molar-refractivity contribution in [2.75, 3.05) is 26.4 Å². The first-order valence-electron chi connectivity index (χ1n) is 31.0. The zero-order valence-corrected chi connectivity index (χ0v) is 49.9. The predicted molar refractivity (Wildman–Crippen MR) is 300 cm³/mol. The molecular weight excluding hydrogens is 1100 g/mol. The first kappa shape index (κ1) is 74.4. The second kappa shape index (κ2) is 42.9. The summed E-state index contributed by atoms with van der Waals surface area (Å²) in [6.45, 7) is 1.02. The van der Waals surface area contributed by atoms with E-state index in [2.05, 4.69) is 26.0 Å². The molecule has 2 aliphatic heterocycles. The maximum Gasteiger partial charge on any atom is 0.472 e. The Morgan fingerprint density at radius 1 is 0.451 bits per heavy atom. The number of carbonyl (C=O) groups is 2. The van der Waals surface area contributed by atoms with Crippen molar-refractivity contribution in [2.24, 2.45) is 0 Å². The normalized spacial score (nSPS) is 30.8. The van der Waals surface area contributed by atoms with E-state index in [9.17, 15) is 75.2 Å². The molecule has 0 aromatic rings. The molecule has 23 nitrogen and oxygen atoms in total. The van der Waals surface area contributed by atoms with Gasteiger partial charge in [-0.05, 0) is 38.5 Å². The minimum atomic E-state index is -5.64. The maximum absolute atomic E-state index is 14.0. The van der Waals surface area contributed by atoms with Gasteiger partial charge >= 0.3 is 19.8 Å². The molecule has 3 rings (SSSR count). The molecule has 3 fully saturated rings. The molecule has 2 saturated heterocycles. The van der Waals surface area contributed by atoms with Crippen LogP contribution in [-0.4, -0.2) is 204 Å². The number of unbranched alkanes of at least 4 members (excludes halogenated alkanes) is 26. The fourth-order valence-corrected chi connectivity index (χ4v) is 11.4. The van der Waals surface area contributed by atoms with Crippen LogP contribution < -0.4 is 0 Å². The number of phosphoric ester groups is 1. The van der Waals surface area contributed by atoms with Crippen LogP contribution in [0.4, 0.5) is 0 Å². The first-order valence-corrected chi connectivity index (χ1v) is 32.5. The van der Waals surface area contributed by atoms with Crippen molar-refractivity contribution in [2.45, 2.75) is 317 Å². The molecule has 24 heteroatoms. The Kier molecular flexibility index (Phi) is 39.0. The first-order chi connectivity index (χ1) is 39.4. The lowest BCUT2D eigenvalue weighted by atomic mass is 9.84. The van der Waals surface area contributed by atoms with Crippen LogP contribution in [-0.2, 0) is 51.6 Å². The molecule has 16 atom stereocenters. The third-order valence-corrected chi connectivity index (χ3v) is 16.6. The van der Waals surface area contributed by atoms with E-state index in [-0.39, 0.29) is 12.8 Å². The number of aliphatic hydroxyl groups excluding tert-OH is 11. The van der Waals surface area contributed by atoms with Crippen molar-refractivity contribution in [1.29, 1.82) is 0 Å². The zero-order valence-electron chi connectivity index (χ0n) is 49.0. The zero-order chi connectivity index (χ0) is 60.3. The minimum absolute atomic E-state index is 0.0488. The molecule has 1 saturated carbocycles. The van der Waals surface area contributed by atoms with E-state index in [1.807, 2.05) is 0 Å². The van der Waals surface area contributed by atoms with Crippen LogP contribution in [0.25, 0.3) is 0 Å². The number of hydrogen-bond acceptors (Lipinski definition) is 22. The van der Waals surface area contributed by atoms with Crippen LogP contribution >= 0.6 is 7.82 Å². The van der Waals surface area contributed by atoms with E-state index in [0.717, 1.165) is 51.4 Å². The summed E-state index contributed by atoms with van der Waals surface area (Å²) in [5.41, 5.74) is 0. The van der Waals surface area contributed by atoms with Gasteiger partial charge in [0.25, 0.3) is 0 Å².